The molecule has 1 aromatic heterocycles. The molecule has 0 fully saturated rings. The van der Waals surface area contributed by atoms with E-state index in [9.17, 15) is 0 Å². The number of thiazole rings is 1. The zero-order valence-electron chi connectivity index (χ0n) is 11.9. The van der Waals surface area contributed by atoms with Crippen LogP contribution in [0.4, 0.5) is 5.69 Å². The van der Waals surface area contributed by atoms with Gasteiger partial charge in [0.05, 0.1) is 11.6 Å². The van der Waals surface area contributed by atoms with Gasteiger partial charge in [0.25, 0.3) is 0 Å². The van der Waals surface area contributed by atoms with Crippen LogP contribution in [0.5, 0.6) is 0 Å². The van der Waals surface area contributed by atoms with Gasteiger partial charge in [0.15, 0.2) is 0 Å². The van der Waals surface area contributed by atoms with Crippen molar-refractivity contribution in [2.45, 2.75) is 32.7 Å². The molecule has 1 aliphatic heterocycles. The van der Waals surface area contributed by atoms with E-state index in [-0.39, 0.29) is 0 Å². The van der Waals surface area contributed by atoms with Gasteiger partial charge in [-0.15, -0.1) is 11.3 Å². The standard InChI is InChI=1S/C16H21N3S/c1-12-18-10-15(20-12)11-19-8-2-3-14-9-13(6-7-17)4-5-16(14)19/h4-5,9-10H,2-3,6-8,11,17H2,1H3. The van der Waals surface area contributed by atoms with Crippen molar-refractivity contribution in [2.24, 2.45) is 5.73 Å². The molecule has 106 valence electrons. The molecule has 0 saturated heterocycles. The van der Waals surface area contributed by atoms with Gasteiger partial charge in [-0.05, 0) is 49.9 Å². The van der Waals surface area contributed by atoms with Crippen LogP contribution < -0.4 is 10.6 Å². The van der Waals surface area contributed by atoms with Gasteiger partial charge >= 0.3 is 0 Å². The Balaban J connectivity index is 1.82. The Kier molecular flexibility index (Phi) is 4.03. The van der Waals surface area contributed by atoms with Crippen molar-refractivity contribution >= 4 is 17.0 Å². The van der Waals surface area contributed by atoms with E-state index in [1.165, 1.54) is 34.5 Å². The van der Waals surface area contributed by atoms with Crippen molar-refractivity contribution in [1.82, 2.24) is 4.98 Å². The highest BCUT2D eigenvalue weighted by molar-refractivity contribution is 7.11. The molecule has 2 aromatic rings. The maximum absolute atomic E-state index is 5.65. The van der Waals surface area contributed by atoms with Crippen LogP contribution in [-0.2, 0) is 19.4 Å². The van der Waals surface area contributed by atoms with Gasteiger partial charge < -0.3 is 10.6 Å². The molecule has 0 radical (unpaired) electrons. The monoisotopic (exact) mass is 287 g/mol. The van der Waals surface area contributed by atoms with Gasteiger partial charge in [-0.2, -0.15) is 0 Å². The summed E-state index contributed by atoms with van der Waals surface area (Å²) in [6, 6.07) is 6.83. The summed E-state index contributed by atoms with van der Waals surface area (Å²) in [4.78, 5) is 8.19. The molecule has 0 aliphatic carbocycles. The lowest BCUT2D eigenvalue weighted by atomic mass is 9.98. The lowest BCUT2D eigenvalue weighted by Crippen LogP contribution is -2.28. The number of rotatable bonds is 4. The quantitative estimate of drug-likeness (QED) is 0.940. The number of nitrogens with zero attached hydrogens (tertiary/aromatic N) is 2. The second kappa shape index (κ2) is 5.94. The molecule has 0 spiro atoms. The summed E-state index contributed by atoms with van der Waals surface area (Å²) in [5.41, 5.74) is 9.88. The van der Waals surface area contributed by atoms with E-state index in [0.29, 0.717) is 0 Å². The SMILES string of the molecule is Cc1ncc(CN2CCCc3cc(CCN)ccc32)s1. The summed E-state index contributed by atoms with van der Waals surface area (Å²) in [5.74, 6) is 0. The topological polar surface area (TPSA) is 42.2 Å². The van der Waals surface area contributed by atoms with Gasteiger partial charge in [-0.1, -0.05) is 12.1 Å². The molecule has 0 bridgehead atoms. The van der Waals surface area contributed by atoms with E-state index >= 15 is 0 Å². The molecule has 0 unspecified atom stereocenters. The minimum Gasteiger partial charge on any atom is -0.366 e. The van der Waals surface area contributed by atoms with Crippen molar-refractivity contribution in [3.8, 4) is 0 Å². The second-order valence-electron chi connectivity index (χ2n) is 5.37. The number of hydrogen-bond acceptors (Lipinski definition) is 4. The van der Waals surface area contributed by atoms with Gasteiger partial charge in [-0.3, -0.25) is 0 Å². The summed E-state index contributed by atoms with van der Waals surface area (Å²) >= 11 is 1.80. The van der Waals surface area contributed by atoms with Crippen molar-refractivity contribution in [2.75, 3.05) is 18.0 Å². The maximum atomic E-state index is 5.65. The highest BCUT2D eigenvalue weighted by atomic mass is 32.1. The Morgan fingerprint density at radius 3 is 3.05 bits per heavy atom. The van der Waals surface area contributed by atoms with E-state index < -0.39 is 0 Å². The van der Waals surface area contributed by atoms with Crippen molar-refractivity contribution < 1.29 is 0 Å². The third-order valence-corrected chi connectivity index (χ3v) is 4.71. The van der Waals surface area contributed by atoms with Gasteiger partial charge in [0.1, 0.15) is 0 Å². The highest BCUT2D eigenvalue weighted by Crippen LogP contribution is 2.30. The maximum Gasteiger partial charge on any atom is 0.0897 e. The van der Waals surface area contributed by atoms with Crippen molar-refractivity contribution in [1.29, 1.82) is 0 Å². The number of fused-ring (bicyclic) bond motifs is 1. The minimum atomic E-state index is 0.725. The summed E-state index contributed by atoms with van der Waals surface area (Å²) < 4.78 is 0. The van der Waals surface area contributed by atoms with Crippen LogP contribution in [0.2, 0.25) is 0 Å². The first-order valence-corrected chi connectivity index (χ1v) is 8.06. The summed E-state index contributed by atoms with van der Waals surface area (Å²) in [5, 5.41) is 1.15. The molecule has 4 heteroatoms. The van der Waals surface area contributed by atoms with Crippen LogP contribution >= 0.6 is 11.3 Å². The number of hydrogen-bond donors (Lipinski definition) is 1. The lowest BCUT2D eigenvalue weighted by Gasteiger charge is -2.31. The van der Waals surface area contributed by atoms with Crippen LogP contribution in [0.1, 0.15) is 27.4 Å². The summed E-state index contributed by atoms with van der Waals surface area (Å²) in [7, 11) is 0. The molecule has 2 heterocycles. The molecule has 2 N–H and O–H groups in total. The Labute approximate surface area is 124 Å². The number of benzene rings is 1. The van der Waals surface area contributed by atoms with Gasteiger partial charge in [0.2, 0.25) is 0 Å². The number of nitrogens with two attached hydrogens (primary N) is 1. The zero-order valence-corrected chi connectivity index (χ0v) is 12.7. The van der Waals surface area contributed by atoms with Crippen LogP contribution in [0.25, 0.3) is 0 Å². The summed E-state index contributed by atoms with van der Waals surface area (Å²) in [6.45, 7) is 4.91. The fraction of sp³-hybridized carbons (Fsp3) is 0.438. The molecule has 3 nitrogen and oxygen atoms in total. The van der Waals surface area contributed by atoms with Crippen molar-refractivity contribution in [3.05, 3.63) is 45.4 Å². The van der Waals surface area contributed by atoms with Gasteiger partial charge in [0, 0.05) is 23.3 Å². The molecule has 0 atom stereocenters. The summed E-state index contributed by atoms with van der Waals surface area (Å²) in [6.07, 6.45) is 5.40. The molecule has 0 amide bonds. The second-order valence-corrected chi connectivity index (χ2v) is 6.69. The Hall–Kier alpha value is -1.39. The Morgan fingerprint density at radius 1 is 1.40 bits per heavy atom. The molecule has 1 aromatic carbocycles. The first-order valence-electron chi connectivity index (χ1n) is 7.24. The number of aromatic nitrogens is 1. The molecule has 3 rings (SSSR count). The van der Waals surface area contributed by atoms with Crippen LogP contribution in [0, 0.1) is 6.92 Å². The highest BCUT2D eigenvalue weighted by Gasteiger charge is 2.17. The number of aryl methyl sites for hydroxylation is 2. The van der Waals surface area contributed by atoms with E-state index in [4.69, 9.17) is 5.73 Å². The van der Waals surface area contributed by atoms with E-state index in [1.807, 2.05) is 6.20 Å². The molecule has 1 aliphatic rings. The third kappa shape index (κ3) is 2.86. The molecular formula is C16H21N3S. The predicted octanol–water partition coefficient (Wildman–Crippen LogP) is 2.91. The van der Waals surface area contributed by atoms with E-state index in [0.717, 1.165) is 31.1 Å². The fourth-order valence-electron chi connectivity index (χ4n) is 2.88. The smallest absolute Gasteiger partial charge is 0.0897 e. The van der Waals surface area contributed by atoms with Gasteiger partial charge in [-0.25, -0.2) is 4.98 Å². The normalized spacial score (nSPS) is 14.4. The average molecular weight is 287 g/mol. The molecular weight excluding hydrogens is 266 g/mol. The molecule has 20 heavy (non-hydrogen) atoms. The van der Waals surface area contributed by atoms with E-state index in [1.54, 1.807) is 11.3 Å². The van der Waals surface area contributed by atoms with Crippen LogP contribution in [-0.4, -0.2) is 18.1 Å². The fourth-order valence-corrected chi connectivity index (χ4v) is 3.69. The minimum absolute atomic E-state index is 0.725. The first-order chi connectivity index (χ1) is 9.76. The average Bonchev–Trinajstić information content (AvgIpc) is 2.85. The Morgan fingerprint density at radius 2 is 2.30 bits per heavy atom. The largest absolute Gasteiger partial charge is 0.366 e. The number of anilines is 1. The van der Waals surface area contributed by atoms with Crippen LogP contribution in [0.3, 0.4) is 0 Å². The first kappa shape index (κ1) is 13.6. The lowest BCUT2D eigenvalue weighted by molar-refractivity contribution is 0.693. The molecule has 0 saturated carbocycles. The van der Waals surface area contributed by atoms with E-state index in [2.05, 4.69) is 35.0 Å². The Bertz CT molecular complexity index is 591. The van der Waals surface area contributed by atoms with Crippen molar-refractivity contribution in [3.63, 3.8) is 0 Å². The third-order valence-electron chi connectivity index (χ3n) is 3.81. The van der Waals surface area contributed by atoms with Crippen LogP contribution in [0.15, 0.2) is 24.4 Å². The zero-order chi connectivity index (χ0) is 13.9. The predicted molar refractivity (Wildman–Crippen MR) is 85.4 cm³/mol.